The molecule has 2 amide bonds. The number of carbonyl (C=O) groups is 2. The van der Waals surface area contributed by atoms with Crippen molar-refractivity contribution >= 4 is 34.4 Å². The molecule has 2 aromatic heterocycles. The number of aromatic nitrogens is 3. The van der Waals surface area contributed by atoms with Gasteiger partial charge in [0.2, 0.25) is 5.91 Å². The van der Waals surface area contributed by atoms with Crippen LogP contribution in [0.25, 0.3) is 22.4 Å². The quantitative estimate of drug-likeness (QED) is 0.349. The van der Waals surface area contributed by atoms with Gasteiger partial charge >= 0.3 is 0 Å². The van der Waals surface area contributed by atoms with E-state index in [4.69, 9.17) is 9.97 Å². The Bertz CT molecular complexity index is 1350. The van der Waals surface area contributed by atoms with Crippen LogP contribution in [0.4, 0.5) is 11.5 Å². The Balaban J connectivity index is 1.37. The summed E-state index contributed by atoms with van der Waals surface area (Å²) in [6.45, 7) is 5.30. The molecular weight excluding hydrogens is 454 g/mol. The average Bonchev–Trinajstić information content (AvgIpc) is 3.36. The van der Waals surface area contributed by atoms with Gasteiger partial charge in [0.15, 0.2) is 5.82 Å². The molecule has 9 nitrogen and oxygen atoms in total. The van der Waals surface area contributed by atoms with Crippen LogP contribution in [-0.4, -0.2) is 70.9 Å². The normalized spacial score (nSPS) is 13.6. The molecule has 0 atom stereocenters. The smallest absolute Gasteiger partial charge is 0.270 e. The van der Waals surface area contributed by atoms with Gasteiger partial charge in [0.05, 0.1) is 5.39 Å². The van der Waals surface area contributed by atoms with Gasteiger partial charge in [-0.05, 0) is 18.2 Å². The number of anilines is 2. The lowest BCUT2D eigenvalue weighted by Crippen LogP contribution is -2.48. The highest BCUT2D eigenvalue weighted by molar-refractivity contribution is 6.00. The number of nitrogens with zero attached hydrogens (tertiary/aromatic N) is 4. The van der Waals surface area contributed by atoms with E-state index in [1.165, 1.54) is 12.6 Å². The zero-order chi connectivity index (χ0) is 24.9. The highest BCUT2D eigenvalue weighted by atomic mass is 16.2. The van der Waals surface area contributed by atoms with Gasteiger partial charge in [-0.1, -0.05) is 48.5 Å². The van der Waals surface area contributed by atoms with Crippen LogP contribution >= 0.6 is 0 Å². The number of H-pyrrole nitrogens is 1. The predicted molar refractivity (Wildman–Crippen MR) is 141 cm³/mol. The third-order valence-corrected chi connectivity index (χ3v) is 6.23. The second-order valence-corrected chi connectivity index (χ2v) is 8.73. The van der Waals surface area contributed by atoms with Crippen LogP contribution in [-0.2, 0) is 4.79 Å². The first-order valence-corrected chi connectivity index (χ1v) is 12.1. The van der Waals surface area contributed by atoms with Gasteiger partial charge in [0.1, 0.15) is 17.2 Å². The van der Waals surface area contributed by atoms with E-state index in [0.29, 0.717) is 49.2 Å². The first-order chi connectivity index (χ1) is 17.6. The van der Waals surface area contributed by atoms with Crippen LogP contribution in [0.1, 0.15) is 17.4 Å². The van der Waals surface area contributed by atoms with Crippen molar-refractivity contribution in [3.63, 3.8) is 0 Å². The van der Waals surface area contributed by atoms with Gasteiger partial charge < -0.3 is 25.4 Å². The van der Waals surface area contributed by atoms with Gasteiger partial charge in [-0.2, -0.15) is 0 Å². The number of nitrogens with one attached hydrogen (secondary N) is 3. The Hall–Kier alpha value is -4.40. The lowest BCUT2D eigenvalue weighted by atomic mass is 10.2. The van der Waals surface area contributed by atoms with E-state index in [1.54, 1.807) is 0 Å². The summed E-state index contributed by atoms with van der Waals surface area (Å²) < 4.78 is 0. The molecule has 3 N–H and O–H groups in total. The van der Waals surface area contributed by atoms with E-state index in [1.807, 2.05) is 59.5 Å². The number of para-hydroxylation sites is 1. The lowest BCUT2D eigenvalue weighted by molar-refractivity contribution is -0.118. The van der Waals surface area contributed by atoms with Gasteiger partial charge in [-0.3, -0.25) is 9.59 Å². The van der Waals surface area contributed by atoms with Crippen LogP contribution in [0.15, 0.2) is 66.7 Å². The number of fused-ring (bicyclic) bond motifs is 1. The molecule has 0 unspecified atom stereocenters. The molecule has 0 saturated carbocycles. The molecule has 2 aromatic carbocycles. The molecule has 0 aliphatic carbocycles. The monoisotopic (exact) mass is 483 g/mol. The van der Waals surface area contributed by atoms with Crippen molar-refractivity contribution in [3.05, 3.63) is 72.4 Å². The number of hydrogen-bond acceptors (Lipinski definition) is 6. The Morgan fingerprint density at radius 1 is 0.917 bits per heavy atom. The minimum atomic E-state index is -0.0866. The predicted octanol–water partition coefficient (Wildman–Crippen LogP) is 3.14. The van der Waals surface area contributed by atoms with E-state index in [0.717, 1.165) is 24.0 Å². The zero-order valence-electron chi connectivity index (χ0n) is 20.2. The number of rotatable bonds is 7. The van der Waals surface area contributed by atoms with Crippen molar-refractivity contribution < 1.29 is 9.59 Å². The number of amides is 2. The lowest BCUT2D eigenvalue weighted by Gasteiger charge is -2.35. The summed E-state index contributed by atoms with van der Waals surface area (Å²) in [5.74, 6) is 1.04. The molecule has 1 saturated heterocycles. The molecule has 9 heteroatoms. The first kappa shape index (κ1) is 23.3. The maximum Gasteiger partial charge on any atom is 0.270 e. The highest BCUT2D eigenvalue weighted by Crippen LogP contribution is 2.26. The maximum atomic E-state index is 13.4. The molecule has 1 aliphatic heterocycles. The van der Waals surface area contributed by atoms with E-state index in [2.05, 4.69) is 32.7 Å². The Morgan fingerprint density at radius 3 is 2.31 bits per heavy atom. The molecule has 184 valence electrons. The first-order valence-electron chi connectivity index (χ1n) is 12.1. The van der Waals surface area contributed by atoms with Crippen LogP contribution in [0.3, 0.4) is 0 Å². The summed E-state index contributed by atoms with van der Waals surface area (Å²) in [4.78, 5) is 41.4. The Morgan fingerprint density at radius 2 is 1.61 bits per heavy atom. The van der Waals surface area contributed by atoms with E-state index < -0.39 is 0 Å². The summed E-state index contributed by atoms with van der Waals surface area (Å²) >= 11 is 0. The van der Waals surface area contributed by atoms with E-state index in [-0.39, 0.29) is 11.8 Å². The molecule has 5 rings (SSSR count). The number of benzene rings is 2. The van der Waals surface area contributed by atoms with Crippen molar-refractivity contribution in [2.45, 2.75) is 6.92 Å². The molecule has 3 heterocycles. The summed E-state index contributed by atoms with van der Waals surface area (Å²) in [5, 5.41) is 6.81. The van der Waals surface area contributed by atoms with Crippen LogP contribution < -0.4 is 15.5 Å². The number of carbonyl (C=O) groups excluding carboxylic acids is 2. The fourth-order valence-electron chi connectivity index (χ4n) is 4.37. The summed E-state index contributed by atoms with van der Waals surface area (Å²) in [5.41, 5.74) is 3.14. The largest absolute Gasteiger partial charge is 0.368 e. The van der Waals surface area contributed by atoms with Gasteiger partial charge in [-0.15, -0.1) is 0 Å². The fraction of sp³-hybridized carbons (Fsp3) is 0.259. The van der Waals surface area contributed by atoms with Crippen LogP contribution in [0.2, 0.25) is 0 Å². The standard InChI is InChI=1S/C27H29N7O2/c1-19(35)28-12-13-29-25-22-18-23(30-26(22)32-24(31-25)20-8-4-2-5-9-20)27(36)34-16-14-33(15-17-34)21-10-6-3-7-11-21/h2-11,18H,12-17H2,1H3,(H,28,35)(H2,29,30,31,32). The van der Waals surface area contributed by atoms with Gasteiger partial charge in [-0.25, -0.2) is 9.97 Å². The molecule has 0 radical (unpaired) electrons. The molecule has 4 aromatic rings. The summed E-state index contributed by atoms with van der Waals surface area (Å²) in [6, 6.07) is 21.8. The topological polar surface area (TPSA) is 106 Å². The molecule has 1 aliphatic rings. The van der Waals surface area contributed by atoms with Crippen molar-refractivity contribution in [1.29, 1.82) is 0 Å². The molecular formula is C27H29N7O2. The zero-order valence-corrected chi connectivity index (χ0v) is 20.2. The van der Waals surface area contributed by atoms with Crippen LogP contribution in [0, 0.1) is 0 Å². The van der Waals surface area contributed by atoms with Gasteiger partial charge in [0.25, 0.3) is 5.91 Å². The van der Waals surface area contributed by atoms with E-state index in [9.17, 15) is 9.59 Å². The summed E-state index contributed by atoms with van der Waals surface area (Å²) in [7, 11) is 0. The van der Waals surface area contributed by atoms with Crippen molar-refractivity contribution in [1.82, 2.24) is 25.2 Å². The van der Waals surface area contributed by atoms with Crippen molar-refractivity contribution in [3.8, 4) is 11.4 Å². The molecule has 1 fully saturated rings. The van der Waals surface area contributed by atoms with Crippen molar-refractivity contribution in [2.24, 2.45) is 0 Å². The third kappa shape index (κ3) is 5.14. The Labute approximate surface area is 209 Å². The fourth-order valence-corrected chi connectivity index (χ4v) is 4.37. The minimum Gasteiger partial charge on any atom is -0.368 e. The molecule has 0 bridgehead atoms. The van der Waals surface area contributed by atoms with Crippen LogP contribution in [0.5, 0.6) is 0 Å². The highest BCUT2D eigenvalue weighted by Gasteiger charge is 2.24. The average molecular weight is 484 g/mol. The molecule has 36 heavy (non-hydrogen) atoms. The SMILES string of the molecule is CC(=O)NCCNc1nc(-c2ccccc2)nc2[nH]c(C(=O)N3CCN(c4ccccc4)CC3)cc12. The number of aromatic amines is 1. The second-order valence-electron chi connectivity index (χ2n) is 8.73. The minimum absolute atomic E-state index is 0.0498. The third-order valence-electron chi connectivity index (χ3n) is 6.23. The Kier molecular flexibility index (Phi) is 6.79. The second kappa shape index (κ2) is 10.5. The number of hydrogen-bond donors (Lipinski definition) is 3. The number of piperazine rings is 1. The maximum absolute atomic E-state index is 13.4. The summed E-state index contributed by atoms with van der Waals surface area (Å²) in [6.07, 6.45) is 0. The van der Waals surface area contributed by atoms with Gasteiger partial charge in [0, 0.05) is 57.4 Å². The van der Waals surface area contributed by atoms with E-state index >= 15 is 0 Å². The van der Waals surface area contributed by atoms with Crippen molar-refractivity contribution in [2.75, 3.05) is 49.5 Å². The molecule has 0 spiro atoms.